The van der Waals surface area contributed by atoms with Crippen molar-refractivity contribution in [2.75, 3.05) is 26.2 Å². The van der Waals surface area contributed by atoms with E-state index in [0.717, 1.165) is 11.3 Å². The molecule has 0 radical (unpaired) electrons. The minimum Gasteiger partial charge on any atom is -0.497 e. The van der Waals surface area contributed by atoms with E-state index in [1.807, 2.05) is 47.4 Å². The lowest BCUT2D eigenvalue weighted by atomic mass is 9.64. The zero-order valence-corrected chi connectivity index (χ0v) is 23.9. The summed E-state index contributed by atoms with van der Waals surface area (Å²) in [7, 11) is 4.61. The third kappa shape index (κ3) is 3.57. The molecule has 0 bridgehead atoms. The number of hydrogen-bond acceptors (Lipinski definition) is 7. The van der Waals surface area contributed by atoms with Gasteiger partial charge in [0.15, 0.2) is 28.8 Å². The second-order valence-electron chi connectivity index (χ2n) is 10.9. The Balaban J connectivity index is 1.58. The lowest BCUT2D eigenvalue weighted by Crippen LogP contribution is -2.48. The number of ketones is 3. The summed E-state index contributed by atoms with van der Waals surface area (Å²) in [4.78, 5) is 46.6. The summed E-state index contributed by atoms with van der Waals surface area (Å²) < 4.78 is 17.0. The first-order valence-electron chi connectivity index (χ1n) is 14.1. The normalized spacial score (nSPS) is 20.9. The standard InChI is InChI=1S/C36H29NO6/c1-41-23-12-8-11-22(20-23)32(38)31-30(26-15-9-17-28(42-2)33(26)43-3)36(34(39)24-13-5-6-14-25(24)35(36)40)29-19-18-21-10-4-7-16-27(21)37(29)31/h4-20,29-31H,1-3H3/t29-,30+,31-/m0/s1. The molecule has 4 aromatic carbocycles. The molecule has 7 rings (SSSR count). The Morgan fingerprint density at radius 2 is 1.47 bits per heavy atom. The number of methoxy groups -OCH3 is 3. The van der Waals surface area contributed by atoms with E-state index in [0.29, 0.717) is 39.5 Å². The van der Waals surface area contributed by atoms with E-state index in [2.05, 4.69) is 0 Å². The van der Waals surface area contributed by atoms with Gasteiger partial charge in [-0.25, -0.2) is 0 Å². The van der Waals surface area contributed by atoms with Gasteiger partial charge in [-0.05, 0) is 29.8 Å². The van der Waals surface area contributed by atoms with Gasteiger partial charge in [-0.3, -0.25) is 14.4 Å². The van der Waals surface area contributed by atoms with Gasteiger partial charge in [0.25, 0.3) is 0 Å². The molecule has 0 saturated carbocycles. The van der Waals surface area contributed by atoms with E-state index < -0.39 is 23.4 Å². The monoisotopic (exact) mass is 571 g/mol. The molecule has 2 heterocycles. The van der Waals surface area contributed by atoms with Crippen LogP contribution in [0.3, 0.4) is 0 Å². The van der Waals surface area contributed by atoms with Crippen LogP contribution in [-0.4, -0.2) is 50.8 Å². The molecule has 214 valence electrons. The maximum absolute atomic E-state index is 14.9. The van der Waals surface area contributed by atoms with Crippen molar-refractivity contribution in [1.29, 1.82) is 0 Å². The molecule has 7 nitrogen and oxygen atoms in total. The fourth-order valence-electron chi connectivity index (χ4n) is 7.36. The summed E-state index contributed by atoms with van der Waals surface area (Å²) in [6, 6.07) is 25.3. The van der Waals surface area contributed by atoms with Crippen LogP contribution in [0.2, 0.25) is 0 Å². The van der Waals surface area contributed by atoms with Crippen LogP contribution in [-0.2, 0) is 0 Å². The number of carbonyl (C=O) groups is 3. The summed E-state index contributed by atoms with van der Waals surface area (Å²) in [5, 5.41) is 0. The van der Waals surface area contributed by atoms with E-state index in [1.165, 1.54) is 14.2 Å². The van der Waals surface area contributed by atoms with Gasteiger partial charge < -0.3 is 19.1 Å². The summed E-state index contributed by atoms with van der Waals surface area (Å²) in [5.74, 6) is -0.414. The number of nitrogens with zero attached hydrogens (tertiary/aromatic N) is 1. The van der Waals surface area contributed by atoms with Gasteiger partial charge >= 0.3 is 0 Å². The van der Waals surface area contributed by atoms with Crippen molar-refractivity contribution in [3.8, 4) is 17.2 Å². The number of rotatable bonds is 6. The van der Waals surface area contributed by atoms with E-state index in [-0.39, 0.29) is 17.3 Å². The first-order valence-corrected chi connectivity index (χ1v) is 14.1. The number of carbonyl (C=O) groups excluding carboxylic acids is 3. The van der Waals surface area contributed by atoms with Crippen molar-refractivity contribution in [3.05, 3.63) is 125 Å². The first kappa shape index (κ1) is 26.7. The molecule has 43 heavy (non-hydrogen) atoms. The van der Waals surface area contributed by atoms with Crippen LogP contribution in [0, 0.1) is 5.41 Å². The predicted molar refractivity (Wildman–Crippen MR) is 163 cm³/mol. The SMILES string of the molecule is COc1cccc(C(=O)[C@@H]2[C@@H](c3cccc(OC)c3OC)C3(C(=O)c4ccccc4C3=O)[C@@H]3C=Cc4ccccc4N23)c1. The van der Waals surface area contributed by atoms with Crippen molar-refractivity contribution in [3.63, 3.8) is 0 Å². The minimum absolute atomic E-state index is 0.239. The van der Waals surface area contributed by atoms with Crippen LogP contribution >= 0.6 is 0 Å². The molecule has 3 aliphatic rings. The summed E-state index contributed by atoms with van der Waals surface area (Å²) in [5.41, 5.74) is 1.71. The van der Waals surface area contributed by atoms with E-state index in [4.69, 9.17) is 14.2 Å². The number of ether oxygens (including phenoxy) is 3. The highest BCUT2D eigenvalue weighted by Gasteiger charge is 2.72. The fraction of sp³-hybridized carbons (Fsp3) is 0.194. The third-order valence-electron chi connectivity index (χ3n) is 9.10. The van der Waals surface area contributed by atoms with Gasteiger partial charge in [-0.1, -0.05) is 78.9 Å². The molecule has 4 aromatic rings. The van der Waals surface area contributed by atoms with Crippen molar-refractivity contribution in [2.24, 2.45) is 5.41 Å². The van der Waals surface area contributed by atoms with E-state index >= 15 is 0 Å². The summed E-state index contributed by atoms with van der Waals surface area (Å²) in [6.45, 7) is 0. The maximum atomic E-state index is 14.9. The van der Waals surface area contributed by atoms with E-state index in [9.17, 15) is 14.4 Å². The molecule has 1 fully saturated rings. The highest BCUT2D eigenvalue weighted by Crippen LogP contribution is 2.62. The molecular weight excluding hydrogens is 542 g/mol. The van der Waals surface area contributed by atoms with Crippen LogP contribution < -0.4 is 19.1 Å². The molecule has 0 N–H and O–H groups in total. The van der Waals surface area contributed by atoms with Crippen molar-refractivity contribution in [2.45, 2.75) is 18.0 Å². The largest absolute Gasteiger partial charge is 0.497 e. The van der Waals surface area contributed by atoms with Crippen molar-refractivity contribution in [1.82, 2.24) is 0 Å². The van der Waals surface area contributed by atoms with E-state index in [1.54, 1.807) is 67.8 Å². The molecule has 0 amide bonds. The maximum Gasteiger partial charge on any atom is 0.186 e. The smallest absolute Gasteiger partial charge is 0.186 e. The van der Waals surface area contributed by atoms with Gasteiger partial charge in [-0.2, -0.15) is 0 Å². The van der Waals surface area contributed by atoms with Crippen LogP contribution in [0.15, 0.2) is 97.1 Å². The predicted octanol–water partition coefficient (Wildman–Crippen LogP) is 6.03. The molecule has 0 aromatic heterocycles. The minimum atomic E-state index is -1.65. The zero-order chi connectivity index (χ0) is 29.9. The Labute approximate surface area is 249 Å². The van der Waals surface area contributed by atoms with Crippen molar-refractivity contribution < 1.29 is 28.6 Å². The van der Waals surface area contributed by atoms with Gasteiger partial charge in [0.1, 0.15) is 17.2 Å². The fourth-order valence-corrected chi connectivity index (χ4v) is 7.36. The van der Waals surface area contributed by atoms with Gasteiger partial charge in [0.2, 0.25) is 0 Å². The number of benzene rings is 4. The molecule has 1 aliphatic carbocycles. The first-order chi connectivity index (χ1) is 21.0. The Morgan fingerprint density at radius 1 is 0.767 bits per heavy atom. The Morgan fingerprint density at radius 3 is 2.16 bits per heavy atom. The summed E-state index contributed by atoms with van der Waals surface area (Å²) >= 11 is 0. The van der Waals surface area contributed by atoms with Gasteiger partial charge in [0.05, 0.1) is 27.4 Å². The summed E-state index contributed by atoms with van der Waals surface area (Å²) in [6.07, 6.45) is 3.85. The molecular formula is C36H29NO6. The lowest BCUT2D eigenvalue weighted by Gasteiger charge is -2.37. The van der Waals surface area contributed by atoms with Crippen LogP contribution in [0.4, 0.5) is 5.69 Å². The van der Waals surface area contributed by atoms with Crippen LogP contribution in [0.5, 0.6) is 17.2 Å². The van der Waals surface area contributed by atoms with Crippen molar-refractivity contribution >= 4 is 29.1 Å². The molecule has 7 heteroatoms. The van der Waals surface area contributed by atoms with Gasteiger partial charge in [0, 0.05) is 33.9 Å². The zero-order valence-electron chi connectivity index (χ0n) is 23.9. The van der Waals surface area contributed by atoms with Crippen LogP contribution in [0.25, 0.3) is 6.08 Å². The number of anilines is 1. The number of Topliss-reactive ketones (excluding diaryl/α,β-unsaturated/α-hetero) is 3. The Hall–Kier alpha value is -5.17. The van der Waals surface area contributed by atoms with Gasteiger partial charge in [-0.15, -0.1) is 0 Å². The second kappa shape index (κ2) is 9.98. The molecule has 0 unspecified atom stereocenters. The molecule has 1 spiro atoms. The molecule has 3 atom stereocenters. The Bertz CT molecular complexity index is 1810. The Kier molecular flexibility index (Phi) is 6.20. The highest BCUT2D eigenvalue weighted by atomic mass is 16.5. The quantitative estimate of drug-likeness (QED) is 0.207. The average Bonchev–Trinajstić information content (AvgIpc) is 3.49. The molecule has 2 aliphatic heterocycles. The highest BCUT2D eigenvalue weighted by molar-refractivity contribution is 6.32. The number of hydrogen-bond donors (Lipinski definition) is 0. The molecule has 1 saturated heterocycles. The number of fused-ring (bicyclic) bond motifs is 5. The number of para-hydroxylation sites is 2. The lowest BCUT2D eigenvalue weighted by molar-refractivity contribution is 0.0664. The average molecular weight is 572 g/mol. The second-order valence-corrected chi connectivity index (χ2v) is 10.9. The topological polar surface area (TPSA) is 82.1 Å². The third-order valence-corrected chi connectivity index (χ3v) is 9.10. The van der Waals surface area contributed by atoms with Crippen LogP contribution in [0.1, 0.15) is 48.1 Å².